The lowest BCUT2D eigenvalue weighted by atomic mass is 9.70. The number of tetrazole rings is 1. The molecule has 0 saturated carbocycles. The zero-order valence-electron chi connectivity index (χ0n) is 12.0. The third kappa shape index (κ3) is 1.39. The Morgan fingerprint density at radius 3 is 2.20 bits per heavy atom. The molecule has 0 bridgehead atoms. The molecule has 2 amide bonds. The minimum atomic E-state index is -0.738. The van der Waals surface area contributed by atoms with E-state index in [0.717, 1.165) is 0 Å². The van der Waals surface area contributed by atoms with Crippen molar-refractivity contribution in [3.05, 3.63) is 0 Å². The van der Waals surface area contributed by atoms with Crippen LogP contribution in [0.25, 0.3) is 0 Å². The molecule has 3 heterocycles. The normalized spacial score (nSPS) is 33.0. The summed E-state index contributed by atoms with van der Waals surface area (Å²) in [5, 5.41) is 14.2. The summed E-state index contributed by atoms with van der Waals surface area (Å²) in [5.74, 6) is 0.185. The fourth-order valence-electron chi connectivity index (χ4n) is 3.06. The highest BCUT2D eigenvalue weighted by atomic mass is 16.2. The minimum Gasteiger partial charge on any atom is -0.337 e. The third-order valence-electron chi connectivity index (χ3n) is 4.71. The topological polar surface area (TPSA) is 93.0 Å². The van der Waals surface area contributed by atoms with Gasteiger partial charge in [0.25, 0.3) is 0 Å². The Morgan fingerprint density at radius 2 is 1.70 bits per heavy atom. The van der Waals surface area contributed by atoms with E-state index >= 15 is 0 Å². The molecule has 0 spiro atoms. The summed E-state index contributed by atoms with van der Waals surface area (Å²) in [6, 6.07) is 0.116. The van der Waals surface area contributed by atoms with Crippen molar-refractivity contribution in [3.8, 4) is 0 Å². The van der Waals surface area contributed by atoms with Crippen molar-refractivity contribution in [2.24, 2.45) is 10.8 Å². The first-order valence-electron chi connectivity index (χ1n) is 6.68. The van der Waals surface area contributed by atoms with Crippen molar-refractivity contribution < 1.29 is 9.59 Å². The number of aromatic nitrogens is 4. The molecule has 2 fully saturated rings. The summed E-state index contributed by atoms with van der Waals surface area (Å²) in [4.78, 5) is 26.1. The Bertz CT molecular complexity index is 569. The number of rotatable bonds is 2. The van der Waals surface area contributed by atoms with Gasteiger partial charge in [-0.2, -0.15) is 0 Å². The van der Waals surface area contributed by atoms with Crippen LogP contribution in [0.2, 0.25) is 0 Å². The molecule has 0 aliphatic carbocycles. The highest BCUT2D eigenvalue weighted by Gasteiger charge is 2.66. The molecule has 1 aromatic rings. The molecule has 20 heavy (non-hydrogen) atoms. The number of hydrogen-bond acceptors (Lipinski definition) is 6. The highest BCUT2D eigenvalue weighted by molar-refractivity contribution is 6.10. The molecule has 3 rings (SSSR count). The number of nitrogens with one attached hydrogen (secondary N) is 1. The van der Waals surface area contributed by atoms with Crippen LogP contribution in [0.1, 0.15) is 33.7 Å². The van der Waals surface area contributed by atoms with Crippen molar-refractivity contribution >= 4 is 17.8 Å². The Morgan fingerprint density at radius 1 is 1.15 bits per heavy atom. The average Bonchev–Trinajstić information content (AvgIpc) is 2.97. The number of amides is 2. The van der Waals surface area contributed by atoms with Gasteiger partial charge in [-0.3, -0.25) is 14.9 Å². The molecule has 2 atom stereocenters. The van der Waals surface area contributed by atoms with Crippen molar-refractivity contribution in [2.45, 2.75) is 33.7 Å². The predicted octanol–water partition coefficient (Wildman–Crippen LogP) is -0.257. The first-order chi connectivity index (χ1) is 9.29. The maximum atomic E-state index is 12.1. The first kappa shape index (κ1) is 13.0. The molecule has 0 radical (unpaired) electrons. The van der Waals surface area contributed by atoms with Gasteiger partial charge in [0, 0.05) is 13.1 Å². The highest BCUT2D eigenvalue weighted by Crippen LogP contribution is 2.50. The number of nitrogens with zero attached hydrogens (tertiary/aromatic N) is 5. The number of fused-ring (bicyclic) bond motifs is 1. The van der Waals surface area contributed by atoms with E-state index in [1.54, 1.807) is 4.68 Å². The van der Waals surface area contributed by atoms with E-state index in [0.29, 0.717) is 19.0 Å². The van der Waals surface area contributed by atoms with Crippen molar-refractivity contribution in [1.29, 1.82) is 0 Å². The lowest BCUT2D eigenvalue weighted by Gasteiger charge is -2.25. The fourth-order valence-corrected chi connectivity index (χ4v) is 3.06. The molecule has 2 unspecified atom stereocenters. The summed E-state index contributed by atoms with van der Waals surface area (Å²) >= 11 is 0. The summed E-state index contributed by atoms with van der Waals surface area (Å²) in [6.07, 6.45) is 0. The van der Waals surface area contributed by atoms with Crippen LogP contribution in [0.15, 0.2) is 0 Å². The quantitative estimate of drug-likeness (QED) is 0.749. The predicted molar refractivity (Wildman–Crippen MR) is 69.8 cm³/mol. The molecule has 8 heteroatoms. The van der Waals surface area contributed by atoms with Crippen LogP contribution in [0.5, 0.6) is 0 Å². The van der Waals surface area contributed by atoms with Gasteiger partial charge in [-0.1, -0.05) is 5.10 Å². The van der Waals surface area contributed by atoms with Gasteiger partial charge in [-0.15, -0.1) is 0 Å². The molecule has 0 aromatic carbocycles. The maximum Gasteiger partial charge on any atom is 0.245 e. The lowest BCUT2D eigenvalue weighted by molar-refractivity contribution is -0.128. The van der Waals surface area contributed by atoms with Gasteiger partial charge in [0.15, 0.2) is 0 Å². The Hall–Kier alpha value is -1.99. The standard InChI is InChI=1S/C12H18N6O2/c1-7(2)18-10(14-15-16-18)17-5-11(3)8(19)13-9(20)12(11,4)6-17/h7H,5-6H2,1-4H3,(H,13,19,20). The molecule has 2 aliphatic heterocycles. The minimum absolute atomic E-state index is 0.116. The van der Waals surface area contributed by atoms with Gasteiger partial charge in [-0.25, -0.2) is 4.68 Å². The second kappa shape index (κ2) is 3.77. The van der Waals surface area contributed by atoms with Gasteiger partial charge in [0.05, 0.1) is 16.9 Å². The third-order valence-corrected chi connectivity index (χ3v) is 4.71. The largest absolute Gasteiger partial charge is 0.337 e. The van der Waals surface area contributed by atoms with Crippen LogP contribution in [0.4, 0.5) is 5.95 Å². The number of hydrogen-bond donors (Lipinski definition) is 1. The Balaban J connectivity index is 1.99. The molecule has 2 aliphatic rings. The molecule has 1 N–H and O–H groups in total. The van der Waals surface area contributed by atoms with Gasteiger partial charge in [0.2, 0.25) is 17.8 Å². The van der Waals surface area contributed by atoms with Gasteiger partial charge < -0.3 is 4.90 Å². The smallest absolute Gasteiger partial charge is 0.245 e. The van der Waals surface area contributed by atoms with Crippen molar-refractivity contribution in [1.82, 2.24) is 25.5 Å². The number of carbonyl (C=O) groups excluding carboxylic acids is 2. The van der Waals surface area contributed by atoms with E-state index < -0.39 is 10.8 Å². The van der Waals surface area contributed by atoms with E-state index in [1.165, 1.54) is 0 Å². The second-order valence-electron chi connectivity index (χ2n) is 6.32. The molecule has 108 valence electrons. The average molecular weight is 278 g/mol. The van der Waals surface area contributed by atoms with Gasteiger partial charge in [0.1, 0.15) is 0 Å². The summed E-state index contributed by atoms with van der Waals surface area (Å²) in [6.45, 7) is 8.51. The maximum absolute atomic E-state index is 12.1. The Kier molecular flexibility index (Phi) is 2.45. The Labute approximate surface area is 116 Å². The van der Waals surface area contributed by atoms with Crippen LogP contribution in [0.3, 0.4) is 0 Å². The van der Waals surface area contributed by atoms with E-state index in [1.807, 2.05) is 32.6 Å². The molecule has 1 aromatic heterocycles. The number of anilines is 1. The lowest BCUT2D eigenvalue weighted by Crippen LogP contribution is -2.38. The fraction of sp³-hybridized carbons (Fsp3) is 0.750. The first-order valence-corrected chi connectivity index (χ1v) is 6.68. The van der Waals surface area contributed by atoms with Crippen LogP contribution in [-0.2, 0) is 9.59 Å². The van der Waals surface area contributed by atoms with Gasteiger partial charge in [-0.05, 0) is 38.1 Å². The van der Waals surface area contributed by atoms with Crippen LogP contribution in [0, 0.1) is 10.8 Å². The van der Waals surface area contributed by atoms with Crippen molar-refractivity contribution in [3.63, 3.8) is 0 Å². The molecule has 2 saturated heterocycles. The van der Waals surface area contributed by atoms with Gasteiger partial charge >= 0.3 is 0 Å². The van der Waals surface area contributed by atoms with Crippen LogP contribution >= 0.6 is 0 Å². The second-order valence-corrected chi connectivity index (χ2v) is 6.32. The van der Waals surface area contributed by atoms with Crippen LogP contribution in [-0.4, -0.2) is 45.1 Å². The molecular weight excluding hydrogens is 260 g/mol. The van der Waals surface area contributed by atoms with E-state index in [9.17, 15) is 9.59 Å². The van der Waals surface area contributed by atoms with E-state index in [-0.39, 0.29) is 17.9 Å². The summed E-state index contributed by atoms with van der Waals surface area (Å²) in [5.41, 5.74) is -1.48. The number of imide groups is 1. The molecular formula is C12H18N6O2. The SMILES string of the molecule is CC(C)n1nnnc1N1CC2(C)C(=O)NC(=O)C2(C)C1. The number of carbonyl (C=O) groups is 2. The summed E-state index contributed by atoms with van der Waals surface area (Å²) in [7, 11) is 0. The van der Waals surface area contributed by atoms with Crippen molar-refractivity contribution in [2.75, 3.05) is 18.0 Å². The van der Waals surface area contributed by atoms with Crippen LogP contribution < -0.4 is 10.2 Å². The monoisotopic (exact) mass is 278 g/mol. The van der Waals surface area contributed by atoms with E-state index in [2.05, 4.69) is 20.8 Å². The zero-order chi connectivity index (χ0) is 14.7. The summed E-state index contributed by atoms with van der Waals surface area (Å²) < 4.78 is 1.70. The zero-order valence-corrected chi connectivity index (χ0v) is 12.0. The van der Waals surface area contributed by atoms with E-state index in [4.69, 9.17) is 0 Å². The molecule has 8 nitrogen and oxygen atoms in total.